The van der Waals surface area contributed by atoms with Gasteiger partial charge < -0.3 is 4.74 Å². The van der Waals surface area contributed by atoms with Crippen LogP contribution in [0.4, 0.5) is 0 Å². The zero-order valence-electron chi connectivity index (χ0n) is 20.9. The maximum Gasteiger partial charge on any atom is 0.291 e. The van der Waals surface area contributed by atoms with Crippen molar-refractivity contribution in [2.45, 2.75) is 6.92 Å². The van der Waals surface area contributed by atoms with Gasteiger partial charge in [-0.3, -0.25) is 4.79 Å². The first-order valence-corrected chi connectivity index (χ1v) is 13.4. The van der Waals surface area contributed by atoms with Gasteiger partial charge in [-0.25, -0.2) is 4.68 Å². The first-order chi connectivity index (χ1) is 19.0. The molecule has 0 atom stereocenters. The summed E-state index contributed by atoms with van der Waals surface area (Å²) in [6.45, 7) is 6.14. The lowest BCUT2D eigenvalue weighted by molar-refractivity contribution is 0.361. The second-order valence-corrected chi connectivity index (χ2v) is 10.3. The van der Waals surface area contributed by atoms with Gasteiger partial charge in [-0.1, -0.05) is 53.8 Å². The van der Waals surface area contributed by atoms with E-state index in [-0.39, 0.29) is 5.56 Å². The number of hydrogen-bond donors (Lipinski definition) is 0. The third kappa shape index (κ3) is 4.87. The predicted molar refractivity (Wildman–Crippen MR) is 156 cm³/mol. The average molecular weight is 552 g/mol. The number of para-hydroxylation sites is 1. The van der Waals surface area contributed by atoms with Gasteiger partial charge in [-0.15, -0.1) is 5.10 Å². The van der Waals surface area contributed by atoms with E-state index in [1.807, 2.05) is 84.5 Å². The van der Waals surface area contributed by atoms with E-state index in [9.17, 15) is 4.79 Å². The summed E-state index contributed by atoms with van der Waals surface area (Å²) in [4.78, 5) is 18.4. The van der Waals surface area contributed by atoms with Crippen LogP contribution in [-0.4, -0.2) is 31.0 Å². The third-order valence-electron chi connectivity index (χ3n) is 6.14. The molecule has 0 saturated heterocycles. The fourth-order valence-corrected chi connectivity index (χ4v) is 5.26. The van der Waals surface area contributed by atoms with Crippen LogP contribution in [0.3, 0.4) is 0 Å². The maximum atomic E-state index is 13.3. The smallest absolute Gasteiger partial charge is 0.291 e. The van der Waals surface area contributed by atoms with E-state index >= 15 is 0 Å². The number of benzene rings is 3. The normalized spacial score (nSPS) is 11.8. The SMILES string of the molecule is C=CCOc1ccc(-c2nn(-c3ccccc3)cc2C=c2sc3nc(-c4ccc(Cl)cc4)nn3c2=O)cc1C. The molecule has 7 nitrogen and oxygen atoms in total. The van der Waals surface area contributed by atoms with E-state index in [1.54, 1.807) is 18.2 Å². The first kappa shape index (κ1) is 24.8. The van der Waals surface area contributed by atoms with Crippen LogP contribution >= 0.6 is 22.9 Å². The van der Waals surface area contributed by atoms with E-state index in [2.05, 4.69) is 16.7 Å². The predicted octanol–water partition coefficient (Wildman–Crippen LogP) is 5.75. The lowest BCUT2D eigenvalue weighted by atomic mass is 10.0. The minimum Gasteiger partial charge on any atom is -0.489 e. The van der Waals surface area contributed by atoms with Crippen LogP contribution < -0.4 is 14.8 Å². The highest BCUT2D eigenvalue weighted by molar-refractivity contribution is 7.15. The number of rotatable bonds is 7. The van der Waals surface area contributed by atoms with E-state index in [0.29, 0.717) is 26.9 Å². The fraction of sp³-hybridized carbons (Fsp3) is 0.0667. The van der Waals surface area contributed by atoms with E-state index in [0.717, 1.165) is 39.4 Å². The Hall–Kier alpha value is -4.53. The molecule has 9 heteroatoms. The van der Waals surface area contributed by atoms with Crippen molar-refractivity contribution >= 4 is 34.0 Å². The maximum absolute atomic E-state index is 13.3. The third-order valence-corrected chi connectivity index (χ3v) is 7.35. The molecule has 0 bridgehead atoms. The molecule has 0 aliphatic rings. The van der Waals surface area contributed by atoms with E-state index in [4.69, 9.17) is 21.4 Å². The van der Waals surface area contributed by atoms with Crippen molar-refractivity contribution in [3.8, 4) is 34.1 Å². The van der Waals surface area contributed by atoms with Crippen molar-refractivity contribution in [2.24, 2.45) is 0 Å². The molecule has 0 amide bonds. The summed E-state index contributed by atoms with van der Waals surface area (Å²) in [5.74, 6) is 1.27. The summed E-state index contributed by atoms with van der Waals surface area (Å²) in [5.41, 5.74) is 4.92. The van der Waals surface area contributed by atoms with Gasteiger partial charge in [-0.2, -0.15) is 14.6 Å². The molecule has 0 spiro atoms. The number of ether oxygens (including phenoxy) is 1. The van der Waals surface area contributed by atoms with Crippen molar-refractivity contribution in [3.63, 3.8) is 0 Å². The Balaban J connectivity index is 1.45. The molecule has 3 heterocycles. The van der Waals surface area contributed by atoms with Gasteiger partial charge in [0.2, 0.25) is 4.96 Å². The summed E-state index contributed by atoms with van der Waals surface area (Å²) in [6, 6.07) is 23.0. The van der Waals surface area contributed by atoms with Crippen LogP contribution in [0.5, 0.6) is 5.75 Å². The number of nitrogens with zero attached hydrogens (tertiary/aromatic N) is 5. The lowest BCUT2D eigenvalue weighted by Gasteiger charge is -2.08. The zero-order valence-corrected chi connectivity index (χ0v) is 22.5. The molecule has 0 saturated carbocycles. The Kier molecular flexibility index (Phi) is 6.56. The van der Waals surface area contributed by atoms with Gasteiger partial charge in [0.05, 0.1) is 10.2 Å². The van der Waals surface area contributed by atoms with Crippen LogP contribution in [0.15, 0.2) is 96.4 Å². The summed E-state index contributed by atoms with van der Waals surface area (Å²) in [7, 11) is 0. The molecule has 6 rings (SSSR count). The quantitative estimate of drug-likeness (QED) is 0.236. The highest BCUT2D eigenvalue weighted by atomic mass is 35.5. The number of hydrogen-bond acceptors (Lipinski definition) is 6. The molecule has 3 aromatic carbocycles. The Labute approximate surface area is 232 Å². The Morgan fingerprint density at radius 1 is 1.03 bits per heavy atom. The van der Waals surface area contributed by atoms with Gasteiger partial charge in [-0.05, 0) is 73.2 Å². The molecule has 39 heavy (non-hydrogen) atoms. The van der Waals surface area contributed by atoms with Crippen molar-refractivity contribution < 1.29 is 4.74 Å². The van der Waals surface area contributed by atoms with Crippen LogP contribution in [0, 0.1) is 6.92 Å². The van der Waals surface area contributed by atoms with E-state index < -0.39 is 0 Å². The highest BCUT2D eigenvalue weighted by Gasteiger charge is 2.16. The molecule has 6 aromatic rings. The van der Waals surface area contributed by atoms with Gasteiger partial charge in [0.25, 0.3) is 5.56 Å². The lowest BCUT2D eigenvalue weighted by Crippen LogP contribution is -2.23. The molecule has 0 aliphatic carbocycles. The largest absolute Gasteiger partial charge is 0.489 e. The van der Waals surface area contributed by atoms with Crippen LogP contribution in [-0.2, 0) is 0 Å². The standard InChI is InChI=1S/C30H22ClN5O2S/c1-3-15-38-25-14-11-21(16-19(25)2)27-22(18-35(33-27)24-7-5-4-6-8-24)17-26-29(37)36-30(39-26)32-28(34-36)20-9-12-23(31)13-10-20/h3-14,16-18H,1,15H2,2H3. The number of aryl methyl sites for hydroxylation is 1. The van der Waals surface area contributed by atoms with Crippen LogP contribution in [0.1, 0.15) is 11.1 Å². The number of thiazole rings is 1. The van der Waals surface area contributed by atoms with Crippen molar-refractivity contribution in [3.05, 3.63) is 123 Å². The van der Waals surface area contributed by atoms with Crippen molar-refractivity contribution in [2.75, 3.05) is 6.61 Å². The minimum absolute atomic E-state index is 0.231. The fourth-order valence-electron chi connectivity index (χ4n) is 4.23. The molecular formula is C30H22ClN5O2S. The average Bonchev–Trinajstić information content (AvgIpc) is 3.64. The topological polar surface area (TPSA) is 74.3 Å². The Bertz CT molecular complexity index is 1920. The first-order valence-electron chi connectivity index (χ1n) is 12.2. The zero-order chi connectivity index (χ0) is 26.9. The van der Waals surface area contributed by atoms with E-state index in [1.165, 1.54) is 15.9 Å². The summed E-state index contributed by atoms with van der Waals surface area (Å²) < 4.78 is 9.43. The number of fused-ring (bicyclic) bond motifs is 1. The Morgan fingerprint density at radius 3 is 2.51 bits per heavy atom. The number of halogens is 1. The molecule has 3 aromatic heterocycles. The second kappa shape index (κ2) is 10.3. The highest BCUT2D eigenvalue weighted by Crippen LogP contribution is 2.29. The summed E-state index contributed by atoms with van der Waals surface area (Å²) in [5, 5.41) is 9.97. The molecular weight excluding hydrogens is 530 g/mol. The van der Waals surface area contributed by atoms with Gasteiger partial charge in [0, 0.05) is 27.9 Å². The summed E-state index contributed by atoms with van der Waals surface area (Å²) >= 11 is 7.29. The van der Waals surface area contributed by atoms with Gasteiger partial charge in [0.15, 0.2) is 5.82 Å². The van der Waals surface area contributed by atoms with Crippen LogP contribution in [0.2, 0.25) is 5.02 Å². The minimum atomic E-state index is -0.231. The molecule has 0 aliphatic heterocycles. The van der Waals surface area contributed by atoms with Crippen molar-refractivity contribution in [1.29, 1.82) is 0 Å². The molecule has 192 valence electrons. The molecule has 0 unspecified atom stereocenters. The molecule has 0 radical (unpaired) electrons. The second-order valence-electron chi connectivity index (χ2n) is 8.85. The molecule has 0 fully saturated rings. The van der Waals surface area contributed by atoms with Crippen molar-refractivity contribution in [1.82, 2.24) is 24.4 Å². The Morgan fingerprint density at radius 2 is 1.79 bits per heavy atom. The van der Waals surface area contributed by atoms with Crippen LogP contribution in [0.25, 0.3) is 39.4 Å². The van der Waals surface area contributed by atoms with Gasteiger partial charge in [0.1, 0.15) is 18.1 Å². The summed E-state index contributed by atoms with van der Waals surface area (Å²) in [6.07, 6.45) is 5.49. The number of aromatic nitrogens is 5. The monoisotopic (exact) mass is 551 g/mol. The van der Waals surface area contributed by atoms with Gasteiger partial charge >= 0.3 is 0 Å². The molecule has 0 N–H and O–H groups in total.